The van der Waals surface area contributed by atoms with E-state index < -0.39 is 0 Å². The molecule has 0 unspecified atom stereocenters. The summed E-state index contributed by atoms with van der Waals surface area (Å²) in [6, 6.07) is 4.11. The van der Waals surface area contributed by atoms with Gasteiger partial charge in [-0.05, 0) is 19.1 Å². The molecule has 10 heavy (non-hydrogen) atoms. The van der Waals surface area contributed by atoms with E-state index in [4.69, 9.17) is 0 Å². The molecule has 0 spiro atoms. The maximum absolute atomic E-state index is 4.15. The first-order valence-electron chi connectivity index (χ1n) is 3.26. The van der Waals surface area contributed by atoms with E-state index in [9.17, 15) is 0 Å². The lowest BCUT2D eigenvalue weighted by atomic mass is 10.3. The van der Waals surface area contributed by atoms with E-state index in [2.05, 4.69) is 16.0 Å². The van der Waals surface area contributed by atoms with Gasteiger partial charge in [0.1, 0.15) is 0 Å². The maximum Gasteiger partial charge on any atom is 0.0640 e. The minimum atomic E-state index is 0. The molecular formula is C8H10N2. The molecule has 2 nitrogen and oxygen atoms in total. The van der Waals surface area contributed by atoms with Crippen molar-refractivity contribution in [3.05, 3.63) is 30.2 Å². The number of aromatic amines is 1. The molecule has 2 heterocycles. The number of nitrogens with one attached hydrogen (secondary N) is 1. The fraction of sp³-hybridized carbons (Fsp3) is 0.125. The lowest BCUT2D eigenvalue weighted by molar-refractivity contribution is 1.22. The topological polar surface area (TPSA) is 28.7 Å². The van der Waals surface area contributed by atoms with Gasteiger partial charge in [-0.2, -0.15) is 0 Å². The molecule has 0 fully saturated rings. The number of rotatable bonds is 0. The van der Waals surface area contributed by atoms with Gasteiger partial charge in [0.25, 0.3) is 0 Å². The number of pyridine rings is 1. The summed E-state index contributed by atoms with van der Waals surface area (Å²) in [5.74, 6) is 0. The van der Waals surface area contributed by atoms with Gasteiger partial charge in [-0.3, -0.25) is 4.98 Å². The molecule has 0 aromatic carbocycles. The van der Waals surface area contributed by atoms with Gasteiger partial charge in [-0.1, -0.05) is 0 Å². The second kappa shape index (κ2) is 1.84. The Bertz CT molecular complexity index is 354. The number of fused-ring (bicyclic) bond motifs is 1. The summed E-state index contributed by atoms with van der Waals surface area (Å²) in [6.45, 7) is 1.99. The van der Waals surface area contributed by atoms with Crippen LogP contribution in [0.5, 0.6) is 0 Å². The van der Waals surface area contributed by atoms with Crippen molar-refractivity contribution in [3.63, 3.8) is 0 Å². The highest BCUT2D eigenvalue weighted by atomic mass is 14.7. The molecule has 0 saturated carbocycles. The number of nitrogens with zero attached hydrogens (tertiary/aromatic N) is 1. The molecule has 0 atom stereocenters. The Morgan fingerprint density at radius 2 is 2.50 bits per heavy atom. The van der Waals surface area contributed by atoms with E-state index in [1.165, 1.54) is 5.39 Å². The summed E-state index contributed by atoms with van der Waals surface area (Å²) >= 11 is 0. The molecule has 1 N–H and O–H groups in total. The number of hydrogen-bond acceptors (Lipinski definition) is 1. The Morgan fingerprint density at radius 3 is 3.40 bits per heavy atom. The number of aryl methyl sites for hydroxylation is 1. The Balaban J connectivity index is 0.000000605. The molecule has 0 aliphatic rings. The summed E-state index contributed by atoms with van der Waals surface area (Å²) < 4.78 is 0. The van der Waals surface area contributed by atoms with Gasteiger partial charge in [0.15, 0.2) is 0 Å². The van der Waals surface area contributed by atoms with Gasteiger partial charge >= 0.3 is 0 Å². The van der Waals surface area contributed by atoms with Gasteiger partial charge in [-0.15, -0.1) is 0 Å². The normalized spacial score (nSPS) is 10.5. The highest BCUT2D eigenvalue weighted by Crippen LogP contribution is 2.10. The summed E-state index contributed by atoms with van der Waals surface area (Å²) in [5, 5.41) is 1.23. The summed E-state index contributed by atoms with van der Waals surface area (Å²) in [5.41, 5.74) is 2.16. The molecule has 2 heteroatoms. The van der Waals surface area contributed by atoms with E-state index >= 15 is 0 Å². The van der Waals surface area contributed by atoms with Crippen LogP contribution in [-0.2, 0) is 0 Å². The number of hydrogen-bond donors (Lipinski definition) is 1. The molecule has 0 aliphatic carbocycles. The SMILES string of the molecule is Cc1cc2cc[nH]c2cn1.[HH]. The van der Waals surface area contributed by atoms with Crippen LogP contribution in [0.3, 0.4) is 0 Å². The van der Waals surface area contributed by atoms with Gasteiger partial charge in [0, 0.05) is 18.7 Å². The Kier molecular flexibility index (Phi) is 1.01. The van der Waals surface area contributed by atoms with Crippen molar-refractivity contribution in [2.75, 3.05) is 0 Å². The number of H-pyrrole nitrogens is 1. The van der Waals surface area contributed by atoms with Crippen LogP contribution in [0, 0.1) is 6.92 Å². The zero-order chi connectivity index (χ0) is 6.97. The minimum Gasteiger partial charge on any atom is -0.360 e. The van der Waals surface area contributed by atoms with Gasteiger partial charge in [0.05, 0.1) is 11.7 Å². The highest BCUT2D eigenvalue weighted by Gasteiger charge is 1.92. The predicted molar refractivity (Wildman–Crippen MR) is 42.9 cm³/mol. The fourth-order valence-corrected chi connectivity index (χ4v) is 1.06. The average molecular weight is 134 g/mol. The Labute approximate surface area is 60.4 Å². The molecular weight excluding hydrogens is 124 g/mol. The lowest BCUT2D eigenvalue weighted by Crippen LogP contribution is -1.77. The smallest absolute Gasteiger partial charge is 0.0640 e. The van der Waals surface area contributed by atoms with Crippen LogP contribution in [0.4, 0.5) is 0 Å². The zero-order valence-electron chi connectivity index (χ0n) is 5.76. The lowest BCUT2D eigenvalue weighted by Gasteiger charge is -1.89. The average Bonchev–Trinajstić information content (AvgIpc) is 2.33. The van der Waals surface area contributed by atoms with E-state index in [0.29, 0.717) is 0 Å². The Morgan fingerprint density at radius 1 is 1.60 bits per heavy atom. The maximum atomic E-state index is 4.15. The third-order valence-electron chi connectivity index (χ3n) is 1.57. The van der Waals surface area contributed by atoms with Crippen molar-refractivity contribution < 1.29 is 1.43 Å². The monoisotopic (exact) mass is 134 g/mol. The summed E-state index contributed by atoms with van der Waals surface area (Å²) in [7, 11) is 0. The zero-order valence-corrected chi connectivity index (χ0v) is 5.76. The first-order chi connectivity index (χ1) is 4.86. The van der Waals surface area contributed by atoms with E-state index in [1.807, 2.05) is 25.4 Å². The summed E-state index contributed by atoms with van der Waals surface area (Å²) in [4.78, 5) is 7.23. The van der Waals surface area contributed by atoms with Crippen LogP contribution in [0.25, 0.3) is 10.9 Å². The molecule has 52 valence electrons. The van der Waals surface area contributed by atoms with Crippen LogP contribution < -0.4 is 0 Å². The van der Waals surface area contributed by atoms with Crippen LogP contribution in [0.1, 0.15) is 7.12 Å². The molecule has 2 aromatic rings. The van der Waals surface area contributed by atoms with Gasteiger partial charge in [-0.25, -0.2) is 0 Å². The van der Waals surface area contributed by atoms with Crippen molar-refractivity contribution >= 4 is 10.9 Å². The largest absolute Gasteiger partial charge is 0.360 e. The molecule has 0 aliphatic heterocycles. The fourth-order valence-electron chi connectivity index (χ4n) is 1.06. The Hall–Kier alpha value is -1.31. The quantitative estimate of drug-likeness (QED) is 0.587. The highest BCUT2D eigenvalue weighted by molar-refractivity contribution is 5.78. The van der Waals surface area contributed by atoms with Crippen LogP contribution in [-0.4, -0.2) is 9.97 Å². The van der Waals surface area contributed by atoms with Crippen molar-refractivity contribution in [2.24, 2.45) is 0 Å². The van der Waals surface area contributed by atoms with Crippen molar-refractivity contribution in [2.45, 2.75) is 6.92 Å². The van der Waals surface area contributed by atoms with Gasteiger partial charge in [0.2, 0.25) is 0 Å². The van der Waals surface area contributed by atoms with Crippen LogP contribution in [0.15, 0.2) is 24.5 Å². The molecule has 2 rings (SSSR count). The van der Waals surface area contributed by atoms with Crippen molar-refractivity contribution in [3.8, 4) is 0 Å². The van der Waals surface area contributed by atoms with Crippen LogP contribution in [0.2, 0.25) is 0 Å². The molecule has 0 amide bonds. The van der Waals surface area contributed by atoms with E-state index in [0.717, 1.165) is 11.2 Å². The predicted octanol–water partition coefficient (Wildman–Crippen LogP) is 2.12. The van der Waals surface area contributed by atoms with Crippen LogP contribution >= 0.6 is 0 Å². The van der Waals surface area contributed by atoms with Crippen molar-refractivity contribution in [1.82, 2.24) is 9.97 Å². The summed E-state index contributed by atoms with van der Waals surface area (Å²) in [6.07, 6.45) is 3.77. The van der Waals surface area contributed by atoms with Crippen molar-refractivity contribution in [1.29, 1.82) is 0 Å². The molecule has 0 radical (unpaired) electrons. The molecule has 0 saturated heterocycles. The second-order valence-corrected chi connectivity index (χ2v) is 2.39. The first kappa shape index (κ1) is 5.47. The third kappa shape index (κ3) is 0.692. The second-order valence-electron chi connectivity index (χ2n) is 2.39. The molecule has 0 bridgehead atoms. The van der Waals surface area contributed by atoms with E-state index in [-0.39, 0.29) is 1.43 Å². The first-order valence-corrected chi connectivity index (χ1v) is 3.26. The number of aromatic nitrogens is 2. The third-order valence-corrected chi connectivity index (χ3v) is 1.57. The minimum absolute atomic E-state index is 0. The van der Waals surface area contributed by atoms with E-state index in [1.54, 1.807) is 0 Å². The molecule has 2 aromatic heterocycles. The standard InChI is InChI=1S/C8H8N2.H2/c1-6-4-7-2-3-9-8(7)5-10-6;/h2-5,9H,1H3;1H. The van der Waals surface area contributed by atoms with Gasteiger partial charge < -0.3 is 4.98 Å².